The summed E-state index contributed by atoms with van der Waals surface area (Å²) in [6.07, 6.45) is 0.499. The summed E-state index contributed by atoms with van der Waals surface area (Å²) in [6, 6.07) is 0. The van der Waals surface area contributed by atoms with Crippen molar-refractivity contribution in [1.82, 2.24) is 4.90 Å². The van der Waals surface area contributed by atoms with Crippen LogP contribution in [0.4, 0.5) is 0 Å². The van der Waals surface area contributed by atoms with E-state index in [-0.39, 0.29) is 6.10 Å². The number of aliphatic hydroxyl groups excluding tert-OH is 1. The molecule has 0 radical (unpaired) electrons. The van der Waals surface area contributed by atoms with Gasteiger partial charge in [0, 0.05) is 6.61 Å². The molecule has 23 heavy (non-hydrogen) atoms. The molecule has 0 saturated carbocycles. The van der Waals surface area contributed by atoms with Gasteiger partial charge in [-0.3, -0.25) is 0 Å². The van der Waals surface area contributed by atoms with Gasteiger partial charge in [-0.15, -0.1) is 0 Å². The zero-order valence-corrected chi connectivity index (χ0v) is 18.6. The summed E-state index contributed by atoms with van der Waals surface area (Å²) in [5, 5.41) is 9.30. The van der Waals surface area contributed by atoms with E-state index in [1.807, 2.05) is 6.92 Å². The number of nitrogens with zero attached hydrogens (tertiary/aromatic N) is 1. The monoisotopic (exact) mass is 347 g/mol. The molecule has 0 aliphatic rings. The van der Waals surface area contributed by atoms with Crippen molar-refractivity contribution < 1.29 is 9.53 Å². The molecular formula is C19H45NO2Si. The van der Waals surface area contributed by atoms with E-state index >= 15 is 0 Å². The van der Waals surface area contributed by atoms with E-state index in [1.54, 1.807) is 0 Å². The van der Waals surface area contributed by atoms with Gasteiger partial charge in [0.05, 0.1) is 6.10 Å². The van der Waals surface area contributed by atoms with Crippen LogP contribution < -0.4 is 0 Å². The lowest BCUT2D eigenvalue weighted by Gasteiger charge is -2.42. The fourth-order valence-electron chi connectivity index (χ4n) is 3.58. The molecule has 0 heterocycles. The lowest BCUT2D eigenvalue weighted by Crippen LogP contribution is -2.48. The molecule has 0 amide bonds. The molecule has 0 fully saturated rings. The summed E-state index contributed by atoms with van der Waals surface area (Å²) in [5.41, 5.74) is 1.88. The predicted molar refractivity (Wildman–Crippen MR) is 107 cm³/mol. The van der Waals surface area contributed by atoms with Crippen LogP contribution in [0, 0.1) is 0 Å². The highest BCUT2D eigenvalue weighted by atomic mass is 28.4. The Bertz CT molecular complexity index is 237. The van der Waals surface area contributed by atoms with Gasteiger partial charge >= 0.3 is 0 Å². The Balaban J connectivity index is 0. The van der Waals surface area contributed by atoms with Gasteiger partial charge in [0.2, 0.25) is 0 Å². The van der Waals surface area contributed by atoms with Gasteiger partial charge in [-0.2, -0.15) is 0 Å². The second-order valence-corrected chi connectivity index (χ2v) is 12.9. The van der Waals surface area contributed by atoms with Gasteiger partial charge < -0.3 is 14.4 Å². The first-order chi connectivity index (χ1) is 10.6. The minimum atomic E-state index is -1.71. The molecule has 142 valence electrons. The second kappa shape index (κ2) is 13.4. The standard InChI is InChI=1S/C13H30O2Si.C6H15N/c1-10(2)16(11(3)4,12(5)6)15-9-8-13(7)14;1-4-7(5-2)6-3/h10-14H,8-9H2,1-7H3;4-6H2,1-3H3/t13-;/m0./s1. The number of hydrogen-bond donors (Lipinski definition) is 1. The van der Waals surface area contributed by atoms with Crippen molar-refractivity contribution in [1.29, 1.82) is 0 Å². The number of aliphatic hydroxyl groups is 1. The van der Waals surface area contributed by atoms with Crippen LogP contribution in [-0.2, 0) is 4.43 Å². The third-order valence-corrected chi connectivity index (χ3v) is 11.1. The number of rotatable bonds is 10. The van der Waals surface area contributed by atoms with E-state index in [4.69, 9.17) is 4.43 Å². The van der Waals surface area contributed by atoms with Crippen LogP contribution in [0.1, 0.15) is 75.7 Å². The molecule has 0 rings (SSSR count). The summed E-state index contributed by atoms with van der Waals surface area (Å²) >= 11 is 0. The Morgan fingerprint density at radius 2 is 1.13 bits per heavy atom. The Morgan fingerprint density at radius 3 is 1.30 bits per heavy atom. The molecule has 1 atom stereocenters. The fraction of sp³-hybridized carbons (Fsp3) is 1.00. The smallest absolute Gasteiger partial charge is 0.200 e. The highest BCUT2D eigenvalue weighted by Crippen LogP contribution is 2.42. The van der Waals surface area contributed by atoms with E-state index in [0.717, 1.165) is 6.42 Å². The van der Waals surface area contributed by atoms with E-state index in [1.165, 1.54) is 19.6 Å². The van der Waals surface area contributed by atoms with Crippen molar-refractivity contribution in [2.75, 3.05) is 26.2 Å². The van der Waals surface area contributed by atoms with Gasteiger partial charge in [-0.25, -0.2) is 0 Å². The third-order valence-electron chi connectivity index (χ3n) is 4.94. The lowest BCUT2D eigenvalue weighted by molar-refractivity contribution is 0.149. The van der Waals surface area contributed by atoms with Gasteiger partial charge in [0.25, 0.3) is 0 Å². The Kier molecular flexibility index (Phi) is 14.8. The first kappa shape index (κ1) is 25.3. The van der Waals surface area contributed by atoms with E-state index in [2.05, 4.69) is 67.2 Å². The molecular weight excluding hydrogens is 302 g/mol. The minimum Gasteiger partial charge on any atom is -0.416 e. The maximum atomic E-state index is 9.30. The highest BCUT2D eigenvalue weighted by molar-refractivity contribution is 6.77. The van der Waals surface area contributed by atoms with Crippen LogP contribution in [0.5, 0.6) is 0 Å². The minimum absolute atomic E-state index is 0.252. The second-order valence-electron chi connectivity index (χ2n) is 7.42. The van der Waals surface area contributed by atoms with E-state index < -0.39 is 8.32 Å². The molecule has 0 aromatic carbocycles. The molecule has 0 aromatic heterocycles. The van der Waals surface area contributed by atoms with Crippen LogP contribution in [0.2, 0.25) is 16.6 Å². The fourth-order valence-corrected chi connectivity index (χ4v) is 9.05. The highest BCUT2D eigenvalue weighted by Gasteiger charge is 2.44. The average Bonchev–Trinajstić information content (AvgIpc) is 2.44. The Morgan fingerprint density at radius 1 is 0.783 bits per heavy atom. The molecule has 1 N–H and O–H groups in total. The van der Waals surface area contributed by atoms with Crippen molar-refractivity contribution in [2.24, 2.45) is 0 Å². The van der Waals surface area contributed by atoms with Crippen molar-refractivity contribution in [3.8, 4) is 0 Å². The molecule has 0 saturated heterocycles. The van der Waals surface area contributed by atoms with Gasteiger partial charge in [0.15, 0.2) is 8.32 Å². The molecule has 0 spiro atoms. The topological polar surface area (TPSA) is 32.7 Å². The summed E-state index contributed by atoms with van der Waals surface area (Å²) in [6.45, 7) is 26.4. The summed E-state index contributed by atoms with van der Waals surface area (Å²) in [5.74, 6) is 0. The van der Waals surface area contributed by atoms with Crippen LogP contribution in [-0.4, -0.2) is 50.7 Å². The van der Waals surface area contributed by atoms with E-state index in [9.17, 15) is 5.11 Å². The van der Waals surface area contributed by atoms with Crippen molar-refractivity contribution in [3.63, 3.8) is 0 Å². The van der Waals surface area contributed by atoms with Gasteiger partial charge in [-0.1, -0.05) is 62.3 Å². The normalized spacial score (nSPS) is 13.7. The van der Waals surface area contributed by atoms with Crippen molar-refractivity contribution in [2.45, 2.75) is 98.4 Å². The maximum absolute atomic E-state index is 9.30. The average molecular weight is 348 g/mol. The first-order valence-corrected chi connectivity index (χ1v) is 11.8. The third kappa shape index (κ3) is 9.23. The quantitative estimate of drug-likeness (QED) is 0.544. The molecule has 4 heteroatoms. The van der Waals surface area contributed by atoms with Crippen LogP contribution in [0.3, 0.4) is 0 Å². The summed E-state index contributed by atoms with van der Waals surface area (Å²) in [7, 11) is -1.71. The Labute approximate surface area is 147 Å². The molecule has 0 aliphatic carbocycles. The van der Waals surface area contributed by atoms with E-state index in [0.29, 0.717) is 23.2 Å². The predicted octanol–water partition coefficient (Wildman–Crippen LogP) is 5.30. The molecule has 3 nitrogen and oxygen atoms in total. The maximum Gasteiger partial charge on any atom is 0.200 e. The first-order valence-electron chi connectivity index (χ1n) is 9.64. The number of hydrogen-bond acceptors (Lipinski definition) is 3. The zero-order valence-electron chi connectivity index (χ0n) is 17.6. The van der Waals surface area contributed by atoms with Gasteiger partial charge in [-0.05, 0) is 49.6 Å². The Hall–Kier alpha value is 0.0969. The van der Waals surface area contributed by atoms with Crippen LogP contribution in [0.25, 0.3) is 0 Å². The summed E-state index contributed by atoms with van der Waals surface area (Å²) < 4.78 is 6.30. The van der Waals surface area contributed by atoms with Gasteiger partial charge in [0.1, 0.15) is 0 Å². The lowest BCUT2D eigenvalue weighted by atomic mass is 10.3. The zero-order chi connectivity index (χ0) is 18.6. The molecule has 0 unspecified atom stereocenters. The van der Waals surface area contributed by atoms with Crippen LogP contribution >= 0.6 is 0 Å². The largest absolute Gasteiger partial charge is 0.416 e. The summed E-state index contributed by atoms with van der Waals surface area (Å²) in [4.78, 5) is 2.38. The molecule has 0 bridgehead atoms. The molecule has 0 aromatic rings. The SMILES string of the molecule is CC(C)[Si](OCC[C@H](C)O)(C(C)C)C(C)C.CCN(CC)CC. The van der Waals surface area contributed by atoms with Crippen molar-refractivity contribution >= 4 is 8.32 Å². The van der Waals surface area contributed by atoms with Crippen LogP contribution in [0.15, 0.2) is 0 Å². The van der Waals surface area contributed by atoms with Crippen molar-refractivity contribution in [3.05, 3.63) is 0 Å². The molecule has 0 aliphatic heterocycles.